The van der Waals surface area contributed by atoms with E-state index in [-0.39, 0.29) is 5.75 Å². The highest BCUT2D eigenvalue weighted by atomic mass is 19.4. The normalized spacial score (nSPS) is 12.0. The summed E-state index contributed by atoms with van der Waals surface area (Å²) in [4.78, 5) is 4.16. The van der Waals surface area contributed by atoms with Gasteiger partial charge in [0.15, 0.2) is 12.6 Å². The molecule has 2 rings (SSSR count). The van der Waals surface area contributed by atoms with Gasteiger partial charge in [-0.05, 0) is 28.8 Å². The molecule has 0 radical (unpaired) electrons. The van der Waals surface area contributed by atoms with Crippen LogP contribution in [0.1, 0.15) is 16.7 Å². The van der Waals surface area contributed by atoms with Gasteiger partial charge in [0, 0.05) is 27.2 Å². The number of benzene rings is 2. The fourth-order valence-corrected chi connectivity index (χ4v) is 2.38. The first kappa shape index (κ1) is 21.6. The average molecular weight is 395 g/mol. The third-order valence-corrected chi connectivity index (χ3v) is 3.80. The summed E-state index contributed by atoms with van der Waals surface area (Å²) in [6, 6.07) is 14.5. The first-order valence-corrected chi connectivity index (χ1v) is 8.69. The molecular formula is C20H24F3N3O2. The maximum Gasteiger partial charge on any atom is 0.422 e. The Hall–Kier alpha value is -2.74. The fourth-order valence-electron chi connectivity index (χ4n) is 2.38. The molecule has 8 heteroatoms. The summed E-state index contributed by atoms with van der Waals surface area (Å²) in [7, 11) is 3.33. The van der Waals surface area contributed by atoms with Crippen molar-refractivity contribution in [3.63, 3.8) is 0 Å². The number of methoxy groups -OCH3 is 1. The van der Waals surface area contributed by atoms with Crippen LogP contribution < -0.4 is 15.4 Å². The van der Waals surface area contributed by atoms with Gasteiger partial charge in [-0.3, -0.25) is 4.99 Å². The van der Waals surface area contributed by atoms with Crippen LogP contribution in [0.25, 0.3) is 0 Å². The van der Waals surface area contributed by atoms with E-state index in [2.05, 4.69) is 15.6 Å². The molecule has 2 N–H and O–H groups in total. The van der Waals surface area contributed by atoms with Gasteiger partial charge < -0.3 is 20.1 Å². The van der Waals surface area contributed by atoms with E-state index < -0.39 is 12.8 Å². The number of nitrogens with one attached hydrogen (secondary N) is 2. The van der Waals surface area contributed by atoms with Crippen LogP contribution in [0.4, 0.5) is 13.2 Å². The second-order valence-electron chi connectivity index (χ2n) is 6.08. The second-order valence-corrected chi connectivity index (χ2v) is 6.08. The number of ether oxygens (including phenoxy) is 2. The number of rotatable bonds is 8. The van der Waals surface area contributed by atoms with Crippen molar-refractivity contribution in [2.45, 2.75) is 25.9 Å². The van der Waals surface area contributed by atoms with Gasteiger partial charge in [-0.15, -0.1) is 0 Å². The highest BCUT2D eigenvalue weighted by Crippen LogP contribution is 2.18. The molecule has 0 unspecified atom stereocenters. The lowest BCUT2D eigenvalue weighted by molar-refractivity contribution is -0.153. The van der Waals surface area contributed by atoms with E-state index in [0.717, 1.165) is 16.7 Å². The van der Waals surface area contributed by atoms with Crippen molar-refractivity contribution < 1.29 is 22.6 Å². The molecule has 5 nitrogen and oxygen atoms in total. The molecule has 0 fully saturated rings. The molecule has 0 spiro atoms. The van der Waals surface area contributed by atoms with Gasteiger partial charge in [-0.1, -0.05) is 36.4 Å². The van der Waals surface area contributed by atoms with E-state index >= 15 is 0 Å². The molecule has 0 aliphatic heterocycles. The molecule has 2 aromatic carbocycles. The number of aliphatic imine (C=N–C) groups is 1. The summed E-state index contributed by atoms with van der Waals surface area (Å²) in [6.07, 6.45) is -4.34. The van der Waals surface area contributed by atoms with Crippen LogP contribution >= 0.6 is 0 Å². The summed E-state index contributed by atoms with van der Waals surface area (Å²) >= 11 is 0. The summed E-state index contributed by atoms with van der Waals surface area (Å²) in [5.74, 6) is 0.805. The van der Waals surface area contributed by atoms with Gasteiger partial charge >= 0.3 is 6.18 Å². The van der Waals surface area contributed by atoms with E-state index in [1.54, 1.807) is 26.3 Å². The maximum absolute atomic E-state index is 12.2. The lowest BCUT2D eigenvalue weighted by Crippen LogP contribution is -2.36. The molecule has 0 aliphatic carbocycles. The molecule has 28 heavy (non-hydrogen) atoms. The third kappa shape index (κ3) is 7.87. The van der Waals surface area contributed by atoms with Crippen molar-refractivity contribution in [2.24, 2.45) is 4.99 Å². The van der Waals surface area contributed by atoms with Crippen LogP contribution in [0.5, 0.6) is 5.75 Å². The van der Waals surface area contributed by atoms with Crippen molar-refractivity contribution in [3.8, 4) is 5.75 Å². The Balaban J connectivity index is 1.78. The highest BCUT2D eigenvalue weighted by Gasteiger charge is 2.28. The van der Waals surface area contributed by atoms with Gasteiger partial charge in [0.2, 0.25) is 0 Å². The third-order valence-electron chi connectivity index (χ3n) is 3.80. The number of hydrogen-bond donors (Lipinski definition) is 2. The Morgan fingerprint density at radius 3 is 1.86 bits per heavy atom. The highest BCUT2D eigenvalue weighted by molar-refractivity contribution is 5.79. The smallest absolute Gasteiger partial charge is 0.422 e. The van der Waals surface area contributed by atoms with Crippen molar-refractivity contribution >= 4 is 5.96 Å². The molecule has 0 atom stereocenters. The summed E-state index contributed by atoms with van der Waals surface area (Å²) < 4.78 is 46.3. The van der Waals surface area contributed by atoms with Gasteiger partial charge in [0.1, 0.15) is 5.75 Å². The molecule has 0 saturated heterocycles. The molecule has 2 aromatic rings. The average Bonchev–Trinajstić information content (AvgIpc) is 2.68. The van der Waals surface area contributed by atoms with Gasteiger partial charge in [0.25, 0.3) is 0 Å². The van der Waals surface area contributed by atoms with Gasteiger partial charge in [0.05, 0.1) is 6.61 Å². The SMILES string of the molecule is CN=C(NCc1ccc(COC)cc1)NCc1ccc(OCC(F)(F)F)cc1. The van der Waals surface area contributed by atoms with Crippen LogP contribution in [-0.2, 0) is 24.4 Å². The largest absolute Gasteiger partial charge is 0.484 e. The van der Waals surface area contributed by atoms with Crippen LogP contribution in [-0.4, -0.2) is 32.9 Å². The zero-order chi connectivity index (χ0) is 20.4. The van der Waals surface area contributed by atoms with E-state index in [1.807, 2.05) is 24.3 Å². The minimum absolute atomic E-state index is 0.181. The Labute approximate surface area is 162 Å². The number of alkyl halides is 3. The molecule has 152 valence electrons. The predicted molar refractivity (Wildman–Crippen MR) is 102 cm³/mol. The maximum atomic E-state index is 12.2. The van der Waals surface area contributed by atoms with Crippen molar-refractivity contribution in [3.05, 3.63) is 65.2 Å². The minimum Gasteiger partial charge on any atom is -0.484 e. The van der Waals surface area contributed by atoms with E-state index in [1.165, 1.54) is 12.1 Å². The van der Waals surface area contributed by atoms with Crippen molar-refractivity contribution in [1.82, 2.24) is 10.6 Å². The van der Waals surface area contributed by atoms with Crippen LogP contribution in [0, 0.1) is 0 Å². The summed E-state index contributed by atoms with van der Waals surface area (Å²) in [5.41, 5.74) is 3.11. The summed E-state index contributed by atoms with van der Waals surface area (Å²) in [5, 5.41) is 6.38. The zero-order valence-electron chi connectivity index (χ0n) is 15.8. The monoisotopic (exact) mass is 395 g/mol. The van der Waals surface area contributed by atoms with Crippen LogP contribution in [0.15, 0.2) is 53.5 Å². The van der Waals surface area contributed by atoms with Gasteiger partial charge in [-0.2, -0.15) is 13.2 Å². The minimum atomic E-state index is -4.34. The number of hydrogen-bond acceptors (Lipinski definition) is 3. The summed E-state index contributed by atoms with van der Waals surface area (Å²) in [6.45, 7) is 0.369. The Morgan fingerprint density at radius 1 is 0.893 bits per heavy atom. The molecule has 0 heterocycles. The van der Waals surface area contributed by atoms with Crippen LogP contribution in [0.2, 0.25) is 0 Å². The topological polar surface area (TPSA) is 54.9 Å². The molecule has 0 bridgehead atoms. The van der Waals surface area contributed by atoms with Gasteiger partial charge in [-0.25, -0.2) is 0 Å². The number of halogens is 3. The standard InChI is InChI=1S/C20H24F3N3O2/c1-24-19(25-11-15-3-5-17(6-4-15)13-27-2)26-12-16-7-9-18(10-8-16)28-14-20(21,22)23/h3-10H,11-14H2,1-2H3,(H2,24,25,26). The Bertz CT molecular complexity index is 745. The first-order chi connectivity index (χ1) is 13.4. The van der Waals surface area contributed by atoms with Crippen molar-refractivity contribution in [1.29, 1.82) is 0 Å². The first-order valence-electron chi connectivity index (χ1n) is 8.69. The second kappa shape index (κ2) is 10.6. The molecule has 0 saturated carbocycles. The zero-order valence-corrected chi connectivity index (χ0v) is 15.8. The quantitative estimate of drug-likeness (QED) is 0.529. The lowest BCUT2D eigenvalue weighted by atomic mass is 10.1. The fraction of sp³-hybridized carbons (Fsp3) is 0.350. The molecule has 0 amide bonds. The van der Waals surface area contributed by atoms with Crippen molar-refractivity contribution in [2.75, 3.05) is 20.8 Å². The molecule has 0 aliphatic rings. The number of nitrogens with zero attached hydrogens (tertiary/aromatic N) is 1. The van der Waals surface area contributed by atoms with E-state index in [0.29, 0.717) is 25.7 Å². The molecule has 0 aromatic heterocycles. The molecular weight excluding hydrogens is 371 g/mol. The Kier molecular flexibility index (Phi) is 8.13. The van der Waals surface area contributed by atoms with Crippen LogP contribution in [0.3, 0.4) is 0 Å². The number of guanidine groups is 1. The lowest BCUT2D eigenvalue weighted by Gasteiger charge is -2.13. The predicted octanol–water partition coefficient (Wildman–Crippen LogP) is 3.64. The van der Waals surface area contributed by atoms with E-state index in [4.69, 9.17) is 9.47 Å². The van der Waals surface area contributed by atoms with E-state index in [9.17, 15) is 13.2 Å². The Morgan fingerprint density at radius 2 is 1.39 bits per heavy atom.